The first kappa shape index (κ1) is 34.0. The standard InChI is InChI=1S/C55H46N2/c1-55(2)49-26-12-11-23-44(49)48-33-38(28-30-50(48)55)37-27-29-46-47(32-37)43-22-10-9-21-42(43)45-25-14-24-41(53(45)46)39-19-13-20-40(31-39)52-34-51(35-15-5-3-6-16-35)56-54(57-52)36-17-7-4-8-18-36/h3-7,9-17,19-26,28,31-34,50-51H,8,18,27,29-30H2,1-2H3,(H,56,57). The third kappa shape index (κ3) is 5.65. The SMILES string of the molecule is CC1(C)c2ccccc2C2=CC(C3=Cc4c(c5c(-c6cccc(C7=CC(c8ccccc8)NC(C8=CC=CCC8)=N7)c6)cccc5c5ccccc45)CC3)=CCC21. The molecule has 0 aromatic heterocycles. The molecular formula is C55H46N2. The second-order valence-electron chi connectivity index (χ2n) is 16.9. The fourth-order valence-corrected chi connectivity index (χ4v) is 10.5. The maximum Gasteiger partial charge on any atom is 0.130 e. The highest BCUT2D eigenvalue weighted by molar-refractivity contribution is 6.17. The summed E-state index contributed by atoms with van der Waals surface area (Å²) in [5.41, 5.74) is 17.5. The first-order valence-electron chi connectivity index (χ1n) is 20.8. The quantitative estimate of drug-likeness (QED) is 0.175. The van der Waals surface area contributed by atoms with E-state index in [9.17, 15) is 0 Å². The number of nitrogens with zero attached hydrogens (tertiary/aromatic N) is 1. The molecule has 6 aromatic rings. The Morgan fingerprint density at radius 2 is 1.46 bits per heavy atom. The summed E-state index contributed by atoms with van der Waals surface area (Å²) in [6.07, 6.45) is 21.7. The predicted octanol–water partition coefficient (Wildman–Crippen LogP) is 13.7. The first-order chi connectivity index (χ1) is 28.0. The van der Waals surface area contributed by atoms with Crippen LogP contribution >= 0.6 is 0 Å². The number of amidine groups is 1. The van der Waals surface area contributed by atoms with Gasteiger partial charge in [-0.3, -0.25) is 0 Å². The molecule has 0 spiro atoms. The van der Waals surface area contributed by atoms with Crippen LogP contribution in [0.25, 0.3) is 50.0 Å². The third-order valence-corrected chi connectivity index (χ3v) is 13.4. The van der Waals surface area contributed by atoms with Gasteiger partial charge in [-0.15, -0.1) is 0 Å². The molecule has 6 aromatic carbocycles. The van der Waals surface area contributed by atoms with Crippen LogP contribution in [0.2, 0.25) is 0 Å². The first-order valence-corrected chi connectivity index (χ1v) is 20.8. The van der Waals surface area contributed by atoms with Gasteiger partial charge in [0.05, 0.1) is 11.7 Å². The molecule has 2 nitrogen and oxygen atoms in total. The summed E-state index contributed by atoms with van der Waals surface area (Å²) < 4.78 is 0. The number of hydrogen-bond acceptors (Lipinski definition) is 2. The molecule has 2 unspecified atom stereocenters. The third-order valence-electron chi connectivity index (χ3n) is 13.4. The number of hydrogen-bond donors (Lipinski definition) is 1. The Kier molecular flexibility index (Phi) is 8.03. The lowest BCUT2D eigenvalue weighted by Gasteiger charge is -2.31. The molecule has 0 fully saturated rings. The maximum absolute atomic E-state index is 5.30. The zero-order valence-electron chi connectivity index (χ0n) is 32.7. The molecule has 1 N–H and O–H groups in total. The summed E-state index contributed by atoms with van der Waals surface area (Å²) in [5, 5.41) is 9.14. The van der Waals surface area contributed by atoms with Gasteiger partial charge < -0.3 is 5.32 Å². The Labute approximate surface area is 336 Å². The van der Waals surface area contributed by atoms with Crippen molar-refractivity contribution in [3.05, 3.63) is 208 Å². The Morgan fingerprint density at radius 3 is 2.33 bits per heavy atom. The molecular weight excluding hydrogens is 689 g/mol. The average molecular weight is 735 g/mol. The van der Waals surface area contributed by atoms with Crippen LogP contribution < -0.4 is 5.32 Å². The molecule has 5 aliphatic rings. The monoisotopic (exact) mass is 734 g/mol. The lowest BCUT2D eigenvalue weighted by atomic mass is 9.73. The fraction of sp³-hybridized carbons (Fsp3) is 0.182. The Bertz CT molecular complexity index is 2870. The van der Waals surface area contributed by atoms with Crippen molar-refractivity contribution in [1.29, 1.82) is 0 Å². The molecule has 276 valence electrons. The van der Waals surface area contributed by atoms with E-state index in [4.69, 9.17) is 4.99 Å². The van der Waals surface area contributed by atoms with Gasteiger partial charge in [-0.05, 0) is 138 Å². The fourth-order valence-electron chi connectivity index (χ4n) is 10.5. The molecule has 2 heteroatoms. The van der Waals surface area contributed by atoms with E-state index in [0.717, 1.165) is 49.2 Å². The molecule has 2 atom stereocenters. The smallest absolute Gasteiger partial charge is 0.130 e. The molecule has 57 heavy (non-hydrogen) atoms. The average Bonchev–Trinajstić information content (AvgIpc) is 3.51. The molecule has 0 amide bonds. The summed E-state index contributed by atoms with van der Waals surface area (Å²) in [7, 11) is 0. The van der Waals surface area contributed by atoms with Gasteiger partial charge in [0, 0.05) is 5.56 Å². The lowest BCUT2D eigenvalue weighted by molar-refractivity contribution is 0.414. The van der Waals surface area contributed by atoms with E-state index in [0.29, 0.717) is 5.92 Å². The highest BCUT2D eigenvalue weighted by Crippen LogP contribution is 2.54. The number of aryl methyl sites for hydroxylation is 1. The zero-order chi connectivity index (χ0) is 38.1. The van der Waals surface area contributed by atoms with E-state index in [2.05, 4.69) is 183 Å². The van der Waals surface area contributed by atoms with Gasteiger partial charge in [-0.1, -0.05) is 166 Å². The van der Waals surface area contributed by atoms with Crippen molar-refractivity contribution in [3.63, 3.8) is 0 Å². The topological polar surface area (TPSA) is 24.4 Å². The summed E-state index contributed by atoms with van der Waals surface area (Å²) in [4.78, 5) is 5.30. The van der Waals surface area contributed by atoms with E-state index < -0.39 is 0 Å². The van der Waals surface area contributed by atoms with Crippen molar-refractivity contribution in [3.8, 4) is 11.1 Å². The van der Waals surface area contributed by atoms with Gasteiger partial charge in [-0.2, -0.15) is 0 Å². The number of rotatable bonds is 5. The van der Waals surface area contributed by atoms with Crippen molar-refractivity contribution in [2.24, 2.45) is 10.9 Å². The molecule has 4 aliphatic carbocycles. The molecule has 0 bridgehead atoms. The maximum atomic E-state index is 5.30. The highest BCUT2D eigenvalue weighted by atomic mass is 15.0. The molecule has 1 aliphatic heterocycles. The van der Waals surface area contributed by atoms with Crippen LogP contribution in [0.3, 0.4) is 0 Å². The molecule has 0 saturated heterocycles. The number of aliphatic imine (C=N–C) groups is 1. The van der Waals surface area contributed by atoms with Gasteiger partial charge in [0.25, 0.3) is 0 Å². The minimum absolute atomic E-state index is 0.0387. The predicted molar refractivity (Wildman–Crippen MR) is 241 cm³/mol. The zero-order valence-corrected chi connectivity index (χ0v) is 32.7. The highest BCUT2D eigenvalue weighted by Gasteiger charge is 2.43. The second-order valence-corrected chi connectivity index (χ2v) is 16.9. The minimum Gasteiger partial charge on any atom is -0.359 e. The van der Waals surface area contributed by atoms with Crippen LogP contribution in [0.1, 0.15) is 79.0 Å². The van der Waals surface area contributed by atoms with E-state index >= 15 is 0 Å². The van der Waals surface area contributed by atoms with E-state index in [1.807, 2.05) is 0 Å². The van der Waals surface area contributed by atoms with Crippen LogP contribution in [0.4, 0.5) is 0 Å². The summed E-state index contributed by atoms with van der Waals surface area (Å²) >= 11 is 0. The van der Waals surface area contributed by atoms with Gasteiger partial charge in [0.2, 0.25) is 0 Å². The molecule has 1 heterocycles. The van der Waals surface area contributed by atoms with Crippen LogP contribution in [-0.2, 0) is 11.8 Å². The van der Waals surface area contributed by atoms with Crippen molar-refractivity contribution >= 4 is 44.7 Å². The minimum atomic E-state index is 0.0387. The van der Waals surface area contributed by atoms with E-state index in [-0.39, 0.29) is 11.5 Å². The number of fused-ring (bicyclic) bond motifs is 9. The number of nitrogens with one attached hydrogen (secondary N) is 1. The number of allylic oxidation sites excluding steroid dienone is 8. The molecule has 0 saturated carbocycles. The summed E-state index contributed by atoms with van der Waals surface area (Å²) in [5.74, 6) is 1.51. The van der Waals surface area contributed by atoms with Crippen molar-refractivity contribution in [2.75, 3.05) is 0 Å². The van der Waals surface area contributed by atoms with E-state index in [1.54, 1.807) is 0 Å². The van der Waals surface area contributed by atoms with Crippen LogP contribution in [0, 0.1) is 5.92 Å². The lowest BCUT2D eigenvalue weighted by Crippen LogP contribution is -2.32. The Balaban J connectivity index is 1.03. The van der Waals surface area contributed by atoms with Crippen molar-refractivity contribution < 1.29 is 0 Å². The second kappa shape index (κ2) is 13.5. The Hall–Kier alpha value is -6.25. The van der Waals surface area contributed by atoms with E-state index in [1.165, 1.54) is 82.8 Å². The van der Waals surface area contributed by atoms with Gasteiger partial charge in [0.15, 0.2) is 0 Å². The van der Waals surface area contributed by atoms with Crippen molar-refractivity contribution in [1.82, 2.24) is 5.32 Å². The van der Waals surface area contributed by atoms with Gasteiger partial charge in [0.1, 0.15) is 5.84 Å². The summed E-state index contributed by atoms with van der Waals surface area (Å²) in [6.45, 7) is 4.86. The van der Waals surface area contributed by atoms with Crippen LogP contribution in [0.15, 0.2) is 179 Å². The number of benzene rings is 6. The largest absolute Gasteiger partial charge is 0.359 e. The van der Waals surface area contributed by atoms with Crippen molar-refractivity contribution in [2.45, 2.75) is 57.4 Å². The van der Waals surface area contributed by atoms with Crippen LogP contribution in [-0.4, -0.2) is 5.84 Å². The van der Waals surface area contributed by atoms with Gasteiger partial charge >= 0.3 is 0 Å². The van der Waals surface area contributed by atoms with Gasteiger partial charge in [-0.25, -0.2) is 4.99 Å². The Morgan fingerprint density at radius 1 is 0.684 bits per heavy atom. The summed E-state index contributed by atoms with van der Waals surface area (Å²) in [6, 6.07) is 44.9. The molecule has 11 rings (SSSR count). The molecule has 0 radical (unpaired) electrons. The normalized spacial score (nSPS) is 20.6. The van der Waals surface area contributed by atoms with Crippen LogP contribution in [0.5, 0.6) is 0 Å².